The van der Waals surface area contributed by atoms with Gasteiger partial charge in [0, 0.05) is 18.7 Å². The molecule has 0 spiro atoms. The number of fused-ring (bicyclic) bond motifs is 1. The van der Waals surface area contributed by atoms with Crippen LogP contribution in [0.25, 0.3) is 0 Å². The average Bonchev–Trinajstić information content (AvgIpc) is 3.09. The highest BCUT2D eigenvalue weighted by molar-refractivity contribution is 5.37. The van der Waals surface area contributed by atoms with Crippen LogP contribution in [0.1, 0.15) is 50.3 Å². The second-order valence-electron chi connectivity index (χ2n) is 7.53. The van der Waals surface area contributed by atoms with Crippen LogP contribution < -0.4 is 5.32 Å². The van der Waals surface area contributed by atoms with Crippen molar-refractivity contribution in [2.75, 3.05) is 6.61 Å². The average molecular weight is 271 g/mol. The van der Waals surface area contributed by atoms with Crippen molar-refractivity contribution < 1.29 is 4.74 Å². The molecule has 2 aliphatic carbocycles. The normalized spacial score (nSPS) is 35.2. The molecular formula is C18H25NO. The van der Waals surface area contributed by atoms with Crippen LogP contribution >= 0.6 is 0 Å². The minimum Gasteiger partial charge on any atom is -0.376 e. The van der Waals surface area contributed by atoms with Crippen molar-refractivity contribution in [3.63, 3.8) is 0 Å². The Kier molecular flexibility index (Phi) is 2.94. The molecule has 0 bridgehead atoms. The summed E-state index contributed by atoms with van der Waals surface area (Å²) in [5.74, 6) is 0.828. The van der Waals surface area contributed by atoms with Crippen LogP contribution in [0.15, 0.2) is 24.3 Å². The summed E-state index contributed by atoms with van der Waals surface area (Å²) in [5.41, 5.74) is 3.34. The van der Waals surface area contributed by atoms with Gasteiger partial charge in [0.2, 0.25) is 0 Å². The number of nitrogens with one attached hydrogen (secondary N) is 1. The highest BCUT2D eigenvalue weighted by Crippen LogP contribution is 2.47. The van der Waals surface area contributed by atoms with Crippen LogP contribution in [0.5, 0.6) is 0 Å². The Bertz CT molecular complexity index is 506. The van der Waals surface area contributed by atoms with Crippen molar-refractivity contribution in [2.45, 2.75) is 57.7 Å². The summed E-state index contributed by atoms with van der Waals surface area (Å²) in [6.07, 6.45) is 5.57. The van der Waals surface area contributed by atoms with E-state index < -0.39 is 0 Å². The van der Waals surface area contributed by atoms with Crippen LogP contribution in [0.2, 0.25) is 0 Å². The zero-order valence-corrected chi connectivity index (χ0v) is 12.6. The third-order valence-electron chi connectivity index (χ3n) is 5.40. The van der Waals surface area contributed by atoms with Crippen LogP contribution in [-0.2, 0) is 11.2 Å². The van der Waals surface area contributed by atoms with E-state index in [1.807, 2.05) is 0 Å². The summed E-state index contributed by atoms with van der Waals surface area (Å²) in [5, 5.41) is 3.97. The minimum absolute atomic E-state index is 0.306. The van der Waals surface area contributed by atoms with Gasteiger partial charge in [0.15, 0.2) is 0 Å². The molecule has 0 amide bonds. The van der Waals surface area contributed by atoms with Crippen molar-refractivity contribution >= 4 is 0 Å². The van der Waals surface area contributed by atoms with Crippen molar-refractivity contribution in [1.29, 1.82) is 0 Å². The van der Waals surface area contributed by atoms with Crippen LogP contribution in [-0.4, -0.2) is 18.8 Å². The maximum absolute atomic E-state index is 5.99. The van der Waals surface area contributed by atoms with E-state index in [2.05, 4.69) is 43.4 Å². The molecule has 2 fully saturated rings. The molecule has 3 atom stereocenters. The van der Waals surface area contributed by atoms with E-state index in [9.17, 15) is 0 Å². The molecule has 0 radical (unpaired) electrons. The van der Waals surface area contributed by atoms with Crippen LogP contribution in [0.4, 0.5) is 0 Å². The molecular weight excluding hydrogens is 246 g/mol. The lowest BCUT2D eigenvalue weighted by Gasteiger charge is -2.33. The molecule has 0 aromatic heterocycles. The molecule has 1 N–H and O–H groups in total. The van der Waals surface area contributed by atoms with Crippen LogP contribution in [0, 0.1) is 11.3 Å². The van der Waals surface area contributed by atoms with Gasteiger partial charge in [-0.05, 0) is 48.1 Å². The number of ether oxygens (including phenoxy) is 1. The highest BCUT2D eigenvalue weighted by Gasteiger charge is 2.45. The quantitative estimate of drug-likeness (QED) is 0.909. The zero-order chi connectivity index (χ0) is 13.7. The Morgan fingerprint density at radius 2 is 1.95 bits per heavy atom. The third-order valence-corrected chi connectivity index (χ3v) is 5.40. The fourth-order valence-corrected chi connectivity index (χ4v) is 4.20. The standard InChI is InChI=1S/C18H25NO/c1-18(2)11-13-5-3-4-6-14(13)17(18)19-15-9-10-20-16(15)12-7-8-12/h3-6,12,15-17,19H,7-11H2,1-2H3. The summed E-state index contributed by atoms with van der Waals surface area (Å²) in [6, 6.07) is 9.98. The molecule has 1 aromatic carbocycles. The second kappa shape index (κ2) is 4.57. The first kappa shape index (κ1) is 12.8. The molecule has 1 aromatic rings. The van der Waals surface area contributed by atoms with E-state index in [0.29, 0.717) is 23.6 Å². The molecule has 1 aliphatic heterocycles. The summed E-state index contributed by atoms with van der Waals surface area (Å²) in [7, 11) is 0. The van der Waals surface area contributed by atoms with Gasteiger partial charge in [-0.15, -0.1) is 0 Å². The maximum atomic E-state index is 5.99. The lowest BCUT2D eigenvalue weighted by atomic mass is 9.84. The monoisotopic (exact) mass is 271 g/mol. The summed E-state index contributed by atoms with van der Waals surface area (Å²) < 4.78 is 5.99. The van der Waals surface area contributed by atoms with Crippen molar-refractivity contribution in [1.82, 2.24) is 5.32 Å². The summed E-state index contributed by atoms with van der Waals surface area (Å²) in [6.45, 7) is 5.73. The molecule has 108 valence electrons. The van der Waals surface area contributed by atoms with Gasteiger partial charge in [0.25, 0.3) is 0 Å². The van der Waals surface area contributed by atoms with Gasteiger partial charge in [-0.2, -0.15) is 0 Å². The lowest BCUT2D eigenvalue weighted by molar-refractivity contribution is 0.0745. The largest absolute Gasteiger partial charge is 0.376 e. The molecule has 3 aliphatic rings. The van der Waals surface area contributed by atoms with Gasteiger partial charge >= 0.3 is 0 Å². The minimum atomic E-state index is 0.306. The zero-order valence-electron chi connectivity index (χ0n) is 12.6. The topological polar surface area (TPSA) is 21.3 Å². The fourth-order valence-electron chi connectivity index (χ4n) is 4.20. The Balaban J connectivity index is 1.57. The second-order valence-corrected chi connectivity index (χ2v) is 7.53. The first-order valence-corrected chi connectivity index (χ1v) is 8.10. The number of rotatable bonds is 3. The SMILES string of the molecule is CC1(C)Cc2ccccc2C1NC1CCOC1C1CC1. The van der Waals surface area contributed by atoms with Gasteiger partial charge in [0.05, 0.1) is 6.10 Å². The van der Waals surface area contributed by atoms with Gasteiger partial charge in [-0.25, -0.2) is 0 Å². The Morgan fingerprint density at radius 3 is 2.75 bits per heavy atom. The van der Waals surface area contributed by atoms with Gasteiger partial charge in [-0.3, -0.25) is 0 Å². The number of hydrogen-bond acceptors (Lipinski definition) is 2. The molecule has 20 heavy (non-hydrogen) atoms. The van der Waals surface area contributed by atoms with Gasteiger partial charge in [0.1, 0.15) is 0 Å². The Morgan fingerprint density at radius 1 is 1.15 bits per heavy atom. The van der Waals surface area contributed by atoms with Gasteiger partial charge in [-0.1, -0.05) is 38.1 Å². The highest BCUT2D eigenvalue weighted by atomic mass is 16.5. The predicted molar refractivity (Wildman–Crippen MR) is 80.7 cm³/mol. The number of benzene rings is 1. The molecule has 1 saturated heterocycles. The molecule has 3 unspecified atom stereocenters. The predicted octanol–water partition coefficient (Wildman–Crippen LogP) is 3.47. The van der Waals surface area contributed by atoms with E-state index in [0.717, 1.165) is 12.5 Å². The molecule has 1 heterocycles. The van der Waals surface area contributed by atoms with Crippen molar-refractivity contribution in [3.05, 3.63) is 35.4 Å². The summed E-state index contributed by atoms with van der Waals surface area (Å²) >= 11 is 0. The Labute approximate surface area is 121 Å². The van der Waals surface area contributed by atoms with Crippen molar-refractivity contribution in [2.24, 2.45) is 11.3 Å². The fraction of sp³-hybridized carbons (Fsp3) is 0.667. The van der Waals surface area contributed by atoms with Crippen molar-refractivity contribution in [3.8, 4) is 0 Å². The van der Waals surface area contributed by atoms with E-state index in [1.54, 1.807) is 0 Å². The molecule has 2 heteroatoms. The number of hydrogen-bond donors (Lipinski definition) is 1. The van der Waals surface area contributed by atoms with E-state index in [-0.39, 0.29) is 0 Å². The Hall–Kier alpha value is -0.860. The molecule has 2 nitrogen and oxygen atoms in total. The lowest BCUT2D eigenvalue weighted by Crippen LogP contribution is -2.43. The van der Waals surface area contributed by atoms with E-state index in [4.69, 9.17) is 4.74 Å². The first-order valence-electron chi connectivity index (χ1n) is 8.10. The van der Waals surface area contributed by atoms with E-state index in [1.165, 1.54) is 36.8 Å². The first-order chi connectivity index (χ1) is 9.65. The molecule has 4 rings (SSSR count). The maximum Gasteiger partial charge on any atom is 0.0757 e. The van der Waals surface area contributed by atoms with E-state index >= 15 is 0 Å². The van der Waals surface area contributed by atoms with Crippen LogP contribution in [0.3, 0.4) is 0 Å². The van der Waals surface area contributed by atoms with Gasteiger partial charge < -0.3 is 10.1 Å². The third kappa shape index (κ3) is 2.10. The molecule has 1 saturated carbocycles. The smallest absolute Gasteiger partial charge is 0.0757 e. The summed E-state index contributed by atoms with van der Waals surface area (Å²) in [4.78, 5) is 0.